The summed E-state index contributed by atoms with van der Waals surface area (Å²) in [4.78, 5) is 27.0. The fourth-order valence-electron chi connectivity index (χ4n) is 2.11. The van der Waals surface area contributed by atoms with Crippen molar-refractivity contribution in [1.82, 2.24) is 20.1 Å². The molecule has 2 heterocycles. The lowest BCUT2D eigenvalue weighted by Gasteiger charge is -2.12. The van der Waals surface area contributed by atoms with Gasteiger partial charge in [-0.25, -0.2) is 14.5 Å². The van der Waals surface area contributed by atoms with E-state index in [-0.39, 0.29) is 11.9 Å². The number of nitrogens with one attached hydrogen (secondary N) is 1. The normalized spacial score (nSPS) is 12.1. The molecule has 0 radical (unpaired) electrons. The third kappa shape index (κ3) is 4.03. The van der Waals surface area contributed by atoms with Crippen molar-refractivity contribution in [2.24, 2.45) is 0 Å². The maximum Gasteiger partial charge on any atom is 0.330 e. The molecule has 0 aliphatic carbocycles. The summed E-state index contributed by atoms with van der Waals surface area (Å²) in [6.45, 7) is 3.75. The molecule has 0 aliphatic rings. The van der Waals surface area contributed by atoms with E-state index < -0.39 is 5.97 Å². The quantitative estimate of drug-likeness (QED) is 0.667. The number of pyridine rings is 1. The first kappa shape index (κ1) is 16.4. The van der Waals surface area contributed by atoms with Crippen LogP contribution in [0.25, 0.3) is 5.82 Å². The van der Waals surface area contributed by atoms with Gasteiger partial charge in [0.2, 0.25) is 5.91 Å². The second kappa shape index (κ2) is 7.35. The largest absolute Gasteiger partial charge is 0.466 e. The van der Waals surface area contributed by atoms with Gasteiger partial charge in [-0.3, -0.25) is 4.79 Å². The molecular weight excluding hydrogens is 296 g/mol. The summed E-state index contributed by atoms with van der Waals surface area (Å²) in [6.07, 6.45) is 5.60. The minimum Gasteiger partial charge on any atom is -0.466 e. The summed E-state index contributed by atoms with van der Waals surface area (Å²) >= 11 is 0. The lowest BCUT2D eigenvalue weighted by molar-refractivity contribution is -0.135. The van der Waals surface area contributed by atoms with E-state index in [4.69, 9.17) is 0 Å². The van der Waals surface area contributed by atoms with Gasteiger partial charge in [0.1, 0.15) is 0 Å². The number of ether oxygens (including phenoxy) is 1. The number of carbonyl (C=O) groups is 2. The monoisotopic (exact) mass is 314 g/mol. The molecule has 1 atom stereocenters. The van der Waals surface area contributed by atoms with Gasteiger partial charge in [0.15, 0.2) is 5.82 Å². The van der Waals surface area contributed by atoms with E-state index in [1.807, 2.05) is 32.0 Å². The number of hydrogen-bond acceptors (Lipinski definition) is 5. The van der Waals surface area contributed by atoms with Crippen LogP contribution in [0.4, 0.5) is 0 Å². The highest BCUT2D eigenvalue weighted by atomic mass is 16.5. The molecule has 1 unspecified atom stereocenters. The second-order valence-corrected chi connectivity index (χ2v) is 4.87. The number of carbonyl (C=O) groups excluding carboxylic acids is 2. The van der Waals surface area contributed by atoms with E-state index in [0.29, 0.717) is 5.82 Å². The van der Waals surface area contributed by atoms with E-state index in [1.54, 1.807) is 17.1 Å². The fourth-order valence-corrected chi connectivity index (χ4v) is 2.11. The van der Waals surface area contributed by atoms with Crippen LogP contribution >= 0.6 is 0 Å². The Kier molecular flexibility index (Phi) is 5.24. The van der Waals surface area contributed by atoms with Crippen LogP contribution in [-0.2, 0) is 14.3 Å². The molecule has 2 rings (SSSR count). The third-order valence-corrected chi connectivity index (χ3v) is 3.31. The van der Waals surface area contributed by atoms with E-state index in [0.717, 1.165) is 23.4 Å². The summed E-state index contributed by atoms with van der Waals surface area (Å²) in [5.74, 6) is -0.250. The van der Waals surface area contributed by atoms with Gasteiger partial charge in [0.05, 0.1) is 19.3 Å². The van der Waals surface area contributed by atoms with Crippen LogP contribution in [0, 0.1) is 6.92 Å². The molecule has 2 aromatic heterocycles. The fraction of sp³-hybridized carbons (Fsp3) is 0.250. The Labute approximate surface area is 134 Å². The molecule has 0 aromatic carbocycles. The minimum absolute atomic E-state index is 0.262. The molecule has 23 heavy (non-hydrogen) atoms. The van der Waals surface area contributed by atoms with Crippen LogP contribution < -0.4 is 5.32 Å². The highest BCUT2D eigenvalue weighted by molar-refractivity contribution is 5.94. The molecule has 0 saturated carbocycles. The zero-order valence-electron chi connectivity index (χ0n) is 13.2. The molecule has 7 heteroatoms. The Hall–Kier alpha value is -2.96. The molecule has 2 aromatic rings. The number of aromatic nitrogens is 3. The standard InChI is InChI=1S/C16H18N4O3/c1-11(19-15(21)7-8-16(22)23-3)13-10-18-20(12(13)2)14-6-4-5-9-17-14/h4-11H,1-3H3,(H,19,21)/b8-7+. The van der Waals surface area contributed by atoms with Crippen LogP contribution in [0.1, 0.15) is 24.2 Å². The second-order valence-electron chi connectivity index (χ2n) is 4.87. The van der Waals surface area contributed by atoms with E-state index >= 15 is 0 Å². The molecule has 7 nitrogen and oxygen atoms in total. The molecule has 0 saturated heterocycles. The molecule has 0 aliphatic heterocycles. The van der Waals surface area contributed by atoms with Crippen molar-refractivity contribution in [3.63, 3.8) is 0 Å². The van der Waals surface area contributed by atoms with E-state index in [2.05, 4.69) is 20.1 Å². The van der Waals surface area contributed by atoms with Crippen molar-refractivity contribution in [3.8, 4) is 5.82 Å². The van der Waals surface area contributed by atoms with E-state index in [9.17, 15) is 9.59 Å². The number of amides is 1. The van der Waals surface area contributed by atoms with Crippen molar-refractivity contribution >= 4 is 11.9 Å². The van der Waals surface area contributed by atoms with Gasteiger partial charge in [0, 0.05) is 29.6 Å². The Morgan fingerprint density at radius 3 is 2.78 bits per heavy atom. The first-order valence-electron chi connectivity index (χ1n) is 7.05. The Morgan fingerprint density at radius 2 is 2.13 bits per heavy atom. The third-order valence-electron chi connectivity index (χ3n) is 3.31. The van der Waals surface area contributed by atoms with Crippen LogP contribution in [-0.4, -0.2) is 33.8 Å². The Balaban J connectivity index is 2.10. The van der Waals surface area contributed by atoms with Crippen LogP contribution in [0.5, 0.6) is 0 Å². The number of esters is 1. The van der Waals surface area contributed by atoms with Gasteiger partial charge in [-0.1, -0.05) is 6.07 Å². The van der Waals surface area contributed by atoms with Gasteiger partial charge in [-0.05, 0) is 26.0 Å². The minimum atomic E-state index is -0.577. The summed E-state index contributed by atoms with van der Waals surface area (Å²) < 4.78 is 6.15. The van der Waals surface area contributed by atoms with Gasteiger partial charge < -0.3 is 10.1 Å². The molecule has 0 fully saturated rings. The highest BCUT2D eigenvalue weighted by Gasteiger charge is 2.15. The number of rotatable bonds is 5. The molecular formula is C16H18N4O3. The molecule has 0 spiro atoms. The average molecular weight is 314 g/mol. The average Bonchev–Trinajstić information content (AvgIpc) is 2.95. The van der Waals surface area contributed by atoms with Crippen molar-refractivity contribution in [1.29, 1.82) is 0 Å². The van der Waals surface area contributed by atoms with Crippen LogP contribution in [0.15, 0.2) is 42.7 Å². The topological polar surface area (TPSA) is 86.1 Å². The van der Waals surface area contributed by atoms with Crippen molar-refractivity contribution in [3.05, 3.63) is 54.0 Å². The lowest BCUT2D eigenvalue weighted by atomic mass is 10.1. The first-order valence-corrected chi connectivity index (χ1v) is 7.05. The predicted octanol–water partition coefficient (Wildman–Crippen LogP) is 1.48. The molecule has 1 amide bonds. The lowest BCUT2D eigenvalue weighted by Crippen LogP contribution is -2.25. The maximum absolute atomic E-state index is 11.8. The van der Waals surface area contributed by atoms with Crippen molar-refractivity contribution < 1.29 is 14.3 Å². The SMILES string of the molecule is COC(=O)/C=C/C(=O)NC(C)c1cnn(-c2ccccn2)c1C. The zero-order chi connectivity index (χ0) is 16.8. The maximum atomic E-state index is 11.8. The number of hydrogen-bond donors (Lipinski definition) is 1. The number of methoxy groups -OCH3 is 1. The van der Waals surface area contributed by atoms with Crippen molar-refractivity contribution in [2.75, 3.05) is 7.11 Å². The summed E-state index contributed by atoms with van der Waals surface area (Å²) in [6, 6.07) is 5.31. The first-order chi connectivity index (χ1) is 11.0. The van der Waals surface area contributed by atoms with Gasteiger partial charge in [-0.2, -0.15) is 5.10 Å². The van der Waals surface area contributed by atoms with Gasteiger partial charge in [-0.15, -0.1) is 0 Å². The van der Waals surface area contributed by atoms with Crippen LogP contribution in [0.3, 0.4) is 0 Å². The van der Waals surface area contributed by atoms with Crippen molar-refractivity contribution in [2.45, 2.75) is 19.9 Å². The Bertz CT molecular complexity index is 722. The molecule has 1 N–H and O–H groups in total. The smallest absolute Gasteiger partial charge is 0.330 e. The van der Waals surface area contributed by atoms with Gasteiger partial charge >= 0.3 is 5.97 Å². The highest BCUT2D eigenvalue weighted by Crippen LogP contribution is 2.19. The molecule has 0 bridgehead atoms. The summed E-state index contributed by atoms with van der Waals surface area (Å²) in [5.41, 5.74) is 1.75. The predicted molar refractivity (Wildman–Crippen MR) is 83.8 cm³/mol. The van der Waals surface area contributed by atoms with Gasteiger partial charge in [0.25, 0.3) is 0 Å². The Morgan fingerprint density at radius 1 is 1.35 bits per heavy atom. The summed E-state index contributed by atoms with van der Waals surface area (Å²) in [5, 5.41) is 7.09. The number of nitrogens with zero attached hydrogens (tertiary/aromatic N) is 3. The summed E-state index contributed by atoms with van der Waals surface area (Å²) in [7, 11) is 1.25. The van der Waals surface area contributed by atoms with Crippen LogP contribution in [0.2, 0.25) is 0 Å². The van der Waals surface area contributed by atoms with E-state index in [1.165, 1.54) is 7.11 Å². The molecule has 120 valence electrons. The zero-order valence-corrected chi connectivity index (χ0v) is 13.2.